The topological polar surface area (TPSA) is 29.9 Å². The summed E-state index contributed by atoms with van der Waals surface area (Å²) in [5, 5.41) is 3.59. The number of aromatic nitrogens is 2. The van der Waals surface area contributed by atoms with Crippen LogP contribution < -0.4 is 5.32 Å². The molecule has 2 saturated carbocycles. The molecule has 3 heteroatoms. The lowest BCUT2D eigenvalue weighted by atomic mass is 9.98. The van der Waals surface area contributed by atoms with Gasteiger partial charge in [0.05, 0.1) is 6.54 Å². The van der Waals surface area contributed by atoms with Crippen molar-refractivity contribution in [2.24, 2.45) is 24.8 Å². The molecule has 2 aliphatic carbocycles. The normalized spacial score (nSPS) is 20.6. The van der Waals surface area contributed by atoms with Gasteiger partial charge in [-0.2, -0.15) is 0 Å². The third-order valence-electron chi connectivity index (χ3n) is 4.04. The highest BCUT2D eigenvalue weighted by atomic mass is 15.1. The van der Waals surface area contributed by atoms with Crippen molar-refractivity contribution in [3.63, 3.8) is 0 Å². The maximum absolute atomic E-state index is 4.33. The SMILES string of the molecule is Cn1ccnc1CNCC(C1CC1)C1CC1. The zero-order chi connectivity index (χ0) is 11.0. The average molecular weight is 219 g/mol. The van der Waals surface area contributed by atoms with E-state index in [0.717, 1.165) is 30.1 Å². The first-order valence-electron chi connectivity index (χ1n) is 6.51. The smallest absolute Gasteiger partial charge is 0.122 e. The number of aryl methyl sites for hydroxylation is 1. The van der Waals surface area contributed by atoms with Crippen LogP contribution in [0, 0.1) is 17.8 Å². The fraction of sp³-hybridized carbons (Fsp3) is 0.769. The summed E-state index contributed by atoms with van der Waals surface area (Å²) >= 11 is 0. The van der Waals surface area contributed by atoms with Crippen molar-refractivity contribution < 1.29 is 0 Å². The average Bonchev–Trinajstić information content (AvgIpc) is 3.15. The Bertz CT molecular complexity index is 338. The summed E-state index contributed by atoms with van der Waals surface area (Å²) in [6.07, 6.45) is 9.79. The number of nitrogens with one attached hydrogen (secondary N) is 1. The van der Waals surface area contributed by atoms with Crippen molar-refractivity contribution in [2.75, 3.05) is 6.54 Å². The quantitative estimate of drug-likeness (QED) is 0.792. The molecule has 0 saturated heterocycles. The van der Waals surface area contributed by atoms with Gasteiger partial charge in [0, 0.05) is 19.4 Å². The summed E-state index contributed by atoms with van der Waals surface area (Å²) in [7, 11) is 2.06. The van der Waals surface area contributed by atoms with E-state index in [-0.39, 0.29) is 0 Å². The van der Waals surface area contributed by atoms with E-state index < -0.39 is 0 Å². The molecule has 0 aliphatic heterocycles. The minimum Gasteiger partial charge on any atom is -0.337 e. The number of hydrogen-bond donors (Lipinski definition) is 1. The van der Waals surface area contributed by atoms with Crippen molar-refractivity contribution in [1.29, 1.82) is 0 Å². The molecular formula is C13H21N3. The third-order valence-corrected chi connectivity index (χ3v) is 4.04. The Balaban J connectivity index is 1.46. The van der Waals surface area contributed by atoms with E-state index >= 15 is 0 Å². The number of rotatable bonds is 6. The Morgan fingerprint density at radius 3 is 2.56 bits per heavy atom. The van der Waals surface area contributed by atoms with Crippen LogP contribution in [0.5, 0.6) is 0 Å². The molecule has 0 spiro atoms. The first-order valence-corrected chi connectivity index (χ1v) is 6.51. The molecule has 1 aromatic rings. The van der Waals surface area contributed by atoms with Gasteiger partial charge in [-0.15, -0.1) is 0 Å². The maximum Gasteiger partial charge on any atom is 0.122 e. The summed E-state index contributed by atoms with van der Waals surface area (Å²) in [6, 6.07) is 0. The standard InChI is InChI=1S/C13H21N3/c1-16-7-6-15-13(16)9-14-8-12(10-2-3-10)11-4-5-11/h6-7,10-12,14H,2-5,8-9H2,1H3. The first-order chi connectivity index (χ1) is 7.84. The van der Waals surface area contributed by atoms with Gasteiger partial charge in [0.15, 0.2) is 0 Å². The number of imidazole rings is 1. The molecule has 0 atom stereocenters. The van der Waals surface area contributed by atoms with Gasteiger partial charge in [0.25, 0.3) is 0 Å². The second-order valence-corrected chi connectivity index (χ2v) is 5.42. The van der Waals surface area contributed by atoms with Crippen LogP contribution in [0.4, 0.5) is 0 Å². The van der Waals surface area contributed by atoms with Crippen LogP contribution in [0.3, 0.4) is 0 Å². The molecule has 2 fully saturated rings. The predicted octanol–water partition coefficient (Wildman–Crippen LogP) is 1.95. The van der Waals surface area contributed by atoms with Gasteiger partial charge < -0.3 is 9.88 Å². The van der Waals surface area contributed by atoms with Crippen molar-refractivity contribution in [2.45, 2.75) is 32.2 Å². The Kier molecular flexibility index (Phi) is 2.72. The summed E-state index contributed by atoms with van der Waals surface area (Å²) in [5.41, 5.74) is 0. The van der Waals surface area contributed by atoms with Gasteiger partial charge in [-0.3, -0.25) is 0 Å². The van der Waals surface area contributed by atoms with Gasteiger partial charge in [-0.25, -0.2) is 4.98 Å². The Morgan fingerprint density at radius 2 is 2.06 bits per heavy atom. The van der Waals surface area contributed by atoms with Crippen molar-refractivity contribution in [3.05, 3.63) is 18.2 Å². The van der Waals surface area contributed by atoms with E-state index in [4.69, 9.17) is 0 Å². The zero-order valence-electron chi connectivity index (χ0n) is 10.0. The molecule has 3 nitrogen and oxygen atoms in total. The highest BCUT2D eigenvalue weighted by Crippen LogP contribution is 2.48. The molecule has 1 aromatic heterocycles. The van der Waals surface area contributed by atoms with E-state index in [1.54, 1.807) is 0 Å². The molecule has 1 heterocycles. The molecule has 0 aromatic carbocycles. The van der Waals surface area contributed by atoms with Gasteiger partial charge in [-0.05, 0) is 50.0 Å². The van der Waals surface area contributed by atoms with Crippen molar-refractivity contribution >= 4 is 0 Å². The van der Waals surface area contributed by atoms with Gasteiger partial charge in [-0.1, -0.05) is 0 Å². The minimum absolute atomic E-state index is 0.916. The van der Waals surface area contributed by atoms with E-state index in [1.807, 2.05) is 12.4 Å². The molecule has 1 N–H and O–H groups in total. The largest absolute Gasteiger partial charge is 0.337 e. The van der Waals surface area contributed by atoms with E-state index in [1.165, 1.54) is 32.2 Å². The van der Waals surface area contributed by atoms with Gasteiger partial charge >= 0.3 is 0 Å². The van der Waals surface area contributed by atoms with Crippen LogP contribution in [0.15, 0.2) is 12.4 Å². The lowest BCUT2D eigenvalue weighted by molar-refractivity contribution is 0.376. The van der Waals surface area contributed by atoms with E-state index in [0.29, 0.717) is 0 Å². The summed E-state index contributed by atoms with van der Waals surface area (Å²) in [4.78, 5) is 4.33. The molecule has 0 amide bonds. The third kappa shape index (κ3) is 2.29. The maximum atomic E-state index is 4.33. The lowest BCUT2D eigenvalue weighted by Crippen LogP contribution is -2.26. The molecule has 0 radical (unpaired) electrons. The highest BCUT2D eigenvalue weighted by molar-refractivity contribution is 4.94. The van der Waals surface area contributed by atoms with Gasteiger partial charge in [0.2, 0.25) is 0 Å². The summed E-state index contributed by atoms with van der Waals surface area (Å²) < 4.78 is 2.09. The summed E-state index contributed by atoms with van der Waals surface area (Å²) in [6.45, 7) is 2.11. The van der Waals surface area contributed by atoms with Crippen LogP contribution in [-0.4, -0.2) is 16.1 Å². The van der Waals surface area contributed by atoms with Crippen LogP contribution >= 0.6 is 0 Å². The second-order valence-electron chi connectivity index (χ2n) is 5.42. The molecule has 0 unspecified atom stereocenters. The molecule has 2 aliphatic rings. The second kappa shape index (κ2) is 4.21. The van der Waals surface area contributed by atoms with Crippen LogP contribution in [0.25, 0.3) is 0 Å². The molecular weight excluding hydrogens is 198 g/mol. The molecule has 16 heavy (non-hydrogen) atoms. The fourth-order valence-electron chi connectivity index (χ4n) is 2.68. The fourth-order valence-corrected chi connectivity index (χ4v) is 2.68. The number of nitrogens with zero attached hydrogens (tertiary/aromatic N) is 2. The van der Waals surface area contributed by atoms with Crippen LogP contribution in [0.1, 0.15) is 31.5 Å². The summed E-state index contributed by atoms with van der Waals surface area (Å²) in [5.74, 6) is 4.19. The predicted molar refractivity (Wildman–Crippen MR) is 63.9 cm³/mol. The lowest BCUT2D eigenvalue weighted by Gasteiger charge is -2.16. The molecule has 0 bridgehead atoms. The Morgan fingerprint density at radius 1 is 1.38 bits per heavy atom. The first kappa shape index (κ1) is 10.3. The van der Waals surface area contributed by atoms with Crippen molar-refractivity contribution in [1.82, 2.24) is 14.9 Å². The van der Waals surface area contributed by atoms with Crippen molar-refractivity contribution in [3.8, 4) is 0 Å². The Hall–Kier alpha value is -0.830. The minimum atomic E-state index is 0.916. The van der Waals surface area contributed by atoms with Gasteiger partial charge in [0.1, 0.15) is 5.82 Å². The zero-order valence-corrected chi connectivity index (χ0v) is 10.0. The molecule has 3 rings (SSSR count). The van der Waals surface area contributed by atoms with Crippen LogP contribution in [0.2, 0.25) is 0 Å². The monoisotopic (exact) mass is 219 g/mol. The number of hydrogen-bond acceptors (Lipinski definition) is 2. The Labute approximate surface area is 97.3 Å². The highest BCUT2D eigenvalue weighted by Gasteiger charge is 2.40. The van der Waals surface area contributed by atoms with E-state index in [2.05, 4.69) is 21.9 Å². The van der Waals surface area contributed by atoms with Crippen LogP contribution in [-0.2, 0) is 13.6 Å². The molecule has 88 valence electrons. The van der Waals surface area contributed by atoms with E-state index in [9.17, 15) is 0 Å².